The van der Waals surface area contributed by atoms with Crippen molar-refractivity contribution in [1.82, 2.24) is 9.55 Å². The van der Waals surface area contributed by atoms with E-state index in [1.165, 1.54) is 4.88 Å². The van der Waals surface area contributed by atoms with Gasteiger partial charge in [-0.3, -0.25) is 9.36 Å². The second-order valence-corrected chi connectivity index (χ2v) is 6.02. The standard InChI is InChI=1S/C11H12N2OS2/c1-2-7-6-8-9(16-7)12-11-13(10(8)14)4-3-5-15-11/h6H,2-5H2,1H3. The summed E-state index contributed by atoms with van der Waals surface area (Å²) in [6, 6.07) is 2.00. The number of hydrogen-bond donors (Lipinski definition) is 0. The average molecular weight is 252 g/mol. The first-order valence-corrected chi connectivity index (χ1v) is 7.26. The van der Waals surface area contributed by atoms with Gasteiger partial charge in [0.05, 0.1) is 5.39 Å². The van der Waals surface area contributed by atoms with Gasteiger partial charge in [0.1, 0.15) is 4.83 Å². The molecule has 0 aliphatic carbocycles. The first kappa shape index (κ1) is 10.4. The van der Waals surface area contributed by atoms with Gasteiger partial charge in [0, 0.05) is 17.2 Å². The Bertz CT molecular complexity index is 600. The zero-order chi connectivity index (χ0) is 11.1. The maximum absolute atomic E-state index is 12.2. The highest BCUT2D eigenvalue weighted by Gasteiger charge is 2.16. The number of thioether (sulfide) groups is 1. The van der Waals surface area contributed by atoms with Gasteiger partial charge in [-0.15, -0.1) is 11.3 Å². The SMILES string of the molecule is CCc1cc2c(=O)n3c(nc2s1)SCCC3. The van der Waals surface area contributed by atoms with E-state index in [9.17, 15) is 4.79 Å². The molecule has 0 N–H and O–H groups in total. The highest BCUT2D eigenvalue weighted by atomic mass is 32.2. The summed E-state index contributed by atoms with van der Waals surface area (Å²) < 4.78 is 1.82. The topological polar surface area (TPSA) is 34.9 Å². The lowest BCUT2D eigenvalue weighted by Gasteiger charge is -2.15. The van der Waals surface area contributed by atoms with Crippen LogP contribution in [-0.4, -0.2) is 15.3 Å². The smallest absolute Gasteiger partial charge is 0.262 e. The van der Waals surface area contributed by atoms with Crippen molar-refractivity contribution in [1.29, 1.82) is 0 Å². The minimum atomic E-state index is 0.142. The average Bonchev–Trinajstić information content (AvgIpc) is 2.73. The lowest BCUT2D eigenvalue weighted by Crippen LogP contribution is -2.25. The van der Waals surface area contributed by atoms with Crippen LogP contribution in [0.25, 0.3) is 10.2 Å². The molecule has 84 valence electrons. The third kappa shape index (κ3) is 1.50. The molecule has 0 atom stereocenters. The van der Waals surface area contributed by atoms with Crippen LogP contribution in [0.3, 0.4) is 0 Å². The maximum Gasteiger partial charge on any atom is 0.262 e. The zero-order valence-corrected chi connectivity index (χ0v) is 10.7. The summed E-state index contributed by atoms with van der Waals surface area (Å²) in [5.74, 6) is 1.07. The summed E-state index contributed by atoms with van der Waals surface area (Å²) in [6.07, 6.45) is 2.04. The van der Waals surface area contributed by atoms with E-state index in [-0.39, 0.29) is 5.56 Å². The molecule has 2 aromatic rings. The molecule has 0 spiro atoms. The predicted molar refractivity (Wildman–Crippen MR) is 68.6 cm³/mol. The van der Waals surface area contributed by atoms with Crippen LogP contribution in [0.1, 0.15) is 18.2 Å². The normalized spacial score (nSPS) is 15.3. The van der Waals surface area contributed by atoms with Gasteiger partial charge in [-0.05, 0) is 18.9 Å². The minimum absolute atomic E-state index is 0.142. The zero-order valence-electron chi connectivity index (χ0n) is 9.02. The van der Waals surface area contributed by atoms with Crippen LogP contribution in [0, 0.1) is 0 Å². The van der Waals surface area contributed by atoms with Gasteiger partial charge in [-0.1, -0.05) is 18.7 Å². The van der Waals surface area contributed by atoms with E-state index in [1.54, 1.807) is 23.1 Å². The van der Waals surface area contributed by atoms with Crippen LogP contribution < -0.4 is 5.56 Å². The van der Waals surface area contributed by atoms with Crippen molar-refractivity contribution in [3.63, 3.8) is 0 Å². The molecule has 16 heavy (non-hydrogen) atoms. The Morgan fingerprint density at radius 2 is 2.44 bits per heavy atom. The van der Waals surface area contributed by atoms with Gasteiger partial charge < -0.3 is 0 Å². The molecule has 0 radical (unpaired) electrons. The highest BCUT2D eigenvalue weighted by molar-refractivity contribution is 7.99. The molecule has 1 aliphatic heterocycles. The van der Waals surface area contributed by atoms with Crippen molar-refractivity contribution in [3.05, 3.63) is 21.3 Å². The van der Waals surface area contributed by atoms with Crippen LogP contribution in [0.2, 0.25) is 0 Å². The number of fused-ring (bicyclic) bond motifs is 2. The molecule has 1 aliphatic rings. The largest absolute Gasteiger partial charge is 0.287 e. The molecule has 3 heterocycles. The van der Waals surface area contributed by atoms with Crippen LogP contribution in [0.5, 0.6) is 0 Å². The van der Waals surface area contributed by atoms with E-state index >= 15 is 0 Å². The quantitative estimate of drug-likeness (QED) is 0.731. The number of aryl methyl sites for hydroxylation is 1. The maximum atomic E-state index is 12.2. The molecular formula is C11H12N2OS2. The molecule has 3 rings (SSSR count). The predicted octanol–water partition coefficient (Wildman–Crippen LogP) is 2.52. The van der Waals surface area contributed by atoms with Crippen molar-refractivity contribution >= 4 is 33.3 Å². The van der Waals surface area contributed by atoms with Crippen molar-refractivity contribution in [3.8, 4) is 0 Å². The molecule has 2 aromatic heterocycles. The van der Waals surface area contributed by atoms with Crippen LogP contribution in [0.4, 0.5) is 0 Å². The molecule has 0 amide bonds. The molecule has 5 heteroatoms. The first-order valence-electron chi connectivity index (χ1n) is 5.45. The molecule has 0 fully saturated rings. The summed E-state index contributed by atoms with van der Waals surface area (Å²) in [4.78, 5) is 19.0. The molecule has 0 saturated carbocycles. The molecular weight excluding hydrogens is 240 g/mol. The van der Waals surface area contributed by atoms with Gasteiger partial charge in [0.15, 0.2) is 5.16 Å². The number of thiophene rings is 1. The third-order valence-electron chi connectivity index (χ3n) is 2.77. The summed E-state index contributed by atoms with van der Waals surface area (Å²) in [6.45, 7) is 2.93. The first-order chi connectivity index (χ1) is 7.79. The number of rotatable bonds is 1. The fraction of sp³-hybridized carbons (Fsp3) is 0.455. The Kier molecular flexibility index (Phi) is 2.52. The van der Waals surface area contributed by atoms with E-state index in [0.29, 0.717) is 0 Å². The molecule has 0 unspecified atom stereocenters. The molecule has 0 bridgehead atoms. The van der Waals surface area contributed by atoms with E-state index in [2.05, 4.69) is 11.9 Å². The lowest BCUT2D eigenvalue weighted by atomic mass is 10.3. The van der Waals surface area contributed by atoms with Crippen molar-refractivity contribution in [2.75, 3.05) is 5.75 Å². The molecule has 0 saturated heterocycles. The Morgan fingerprint density at radius 3 is 3.25 bits per heavy atom. The second kappa shape index (κ2) is 3.89. The lowest BCUT2D eigenvalue weighted by molar-refractivity contribution is 0.572. The van der Waals surface area contributed by atoms with E-state index in [1.807, 2.05) is 10.6 Å². The highest BCUT2D eigenvalue weighted by Crippen LogP contribution is 2.27. The fourth-order valence-corrected chi connectivity index (χ4v) is 3.87. The Labute approximate surface area is 102 Å². The summed E-state index contributed by atoms with van der Waals surface area (Å²) >= 11 is 3.34. The van der Waals surface area contributed by atoms with Gasteiger partial charge in [-0.25, -0.2) is 4.98 Å². The molecule has 0 aromatic carbocycles. The van der Waals surface area contributed by atoms with Crippen LogP contribution >= 0.6 is 23.1 Å². The second-order valence-electron chi connectivity index (χ2n) is 3.84. The van der Waals surface area contributed by atoms with Crippen LogP contribution in [-0.2, 0) is 13.0 Å². The van der Waals surface area contributed by atoms with Crippen molar-refractivity contribution in [2.45, 2.75) is 31.5 Å². The van der Waals surface area contributed by atoms with Crippen LogP contribution in [0.15, 0.2) is 16.0 Å². The summed E-state index contributed by atoms with van der Waals surface area (Å²) in [7, 11) is 0. The van der Waals surface area contributed by atoms with Gasteiger partial charge in [-0.2, -0.15) is 0 Å². The van der Waals surface area contributed by atoms with E-state index in [0.717, 1.165) is 40.5 Å². The summed E-state index contributed by atoms with van der Waals surface area (Å²) in [5.41, 5.74) is 0.142. The Hall–Kier alpha value is -0.810. The van der Waals surface area contributed by atoms with Gasteiger partial charge in [0.25, 0.3) is 5.56 Å². The van der Waals surface area contributed by atoms with Crippen molar-refractivity contribution < 1.29 is 0 Å². The van der Waals surface area contributed by atoms with E-state index in [4.69, 9.17) is 0 Å². The van der Waals surface area contributed by atoms with Gasteiger partial charge in [0.2, 0.25) is 0 Å². The van der Waals surface area contributed by atoms with Crippen molar-refractivity contribution in [2.24, 2.45) is 0 Å². The van der Waals surface area contributed by atoms with Gasteiger partial charge >= 0.3 is 0 Å². The monoisotopic (exact) mass is 252 g/mol. The molecule has 3 nitrogen and oxygen atoms in total. The fourth-order valence-electron chi connectivity index (χ4n) is 1.91. The third-order valence-corrected chi connectivity index (χ3v) is 5.01. The number of nitrogens with zero attached hydrogens (tertiary/aromatic N) is 2. The Morgan fingerprint density at radius 1 is 1.56 bits per heavy atom. The Balaban J connectivity index is 2.32. The van der Waals surface area contributed by atoms with E-state index < -0.39 is 0 Å². The summed E-state index contributed by atoms with van der Waals surface area (Å²) in [5, 5.41) is 1.70. The number of aromatic nitrogens is 2. The minimum Gasteiger partial charge on any atom is -0.287 e. The number of hydrogen-bond acceptors (Lipinski definition) is 4.